The SMILES string of the molecule is COc1cc(OC)c(OC)cc1CN1CCCC1c1ncc(C)n1Cc1ccc(F)cc1. The Morgan fingerprint density at radius 3 is 2.34 bits per heavy atom. The molecule has 0 saturated carbocycles. The number of benzene rings is 2. The molecule has 0 aliphatic carbocycles. The highest BCUT2D eigenvalue weighted by Crippen LogP contribution is 2.38. The number of hydrogen-bond donors (Lipinski definition) is 0. The van der Waals surface area contributed by atoms with Crippen molar-refractivity contribution in [3.05, 3.63) is 71.1 Å². The van der Waals surface area contributed by atoms with E-state index in [9.17, 15) is 4.39 Å². The molecule has 0 amide bonds. The maximum atomic E-state index is 13.3. The van der Waals surface area contributed by atoms with Crippen LogP contribution in [0.5, 0.6) is 17.2 Å². The van der Waals surface area contributed by atoms with Gasteiger partial charge in [-0.05, 0) is 50.1 Å². The Balaban J connectivity index is 1.61. The molecule has 2 heterocycles. The van der Waals surface area contributed by atoms with Gasteiger partial charge in [-0.15, -0.1) is 0 Å². The van der Waals surface area contributed by atoms with Crippen LogP contribution in [-0.4, -0.2) is 42.3 Å². The number of nitrogens with zero attached hydrogens (tertiary/aromatic N) is 3. The topological polar surface area (TPSA) is 48.8 Å². The number of aryl methyl sites for hydroxylation is 1. The lowest BCUT2D eigenvalue weighted by Gasteiger charge is -2.26. The number of likely N-dealkylation sites (tertiary alicyclic amines) is 1. The van der Waals surface area contributed by atoms with Crippen LogP contribution in [0, 0.1) is 12.7 Å². The Kier molecular flexibility index (Phi) is 6.65. The molecule has 0 radical (unpaired) electrons. The zero-order valence-corrected chi connectivity index (χ0v) is 19.1. The lowest BCUT2D eigenvalue weighted by Crippen LogP contribution is -2.26. The van der Waals surface area contributed by atoms with E-state index in [1.165, 1.54) is 12.1 Å². The highest BCUT2D eigenvalue weighted by Gasteiger charge is 2.31. The third kappa shape index (κ3) is 4.43. The number of aromatic nitrogens is 2. The lowest BCUT2D eigenvalue weighted by atomic mass is 10.1. The second-order valence-electron chi connectivity index (χ2n) is 8.12. The van der Waals surface area contributed by atoms with Crippen molar-refractivity contribution < 1.29 is 18.6 Å². The van der Waals surface area contributed by atoms with E-state index < -0.39 is 0 Å². The molecule has 7 heteroatoms. The number of hydrogen-bond acceptors (Lipinski definition) is 5. The Morgan fingerprint density at radius 1 is 0.969 bits per heavy atom. The molecule has 0 bridgehead atoms. The first-order valence-corrected chi connectivity index (χ1v) is 10.8. The molecule has 1 unspecified atom stereocenters. The smallest absolute Gasteiger partial charge is 0.164 e. The van der Waals surface area contributed by atoms with Crippen molar-refractivity contribution >= 4 is 0 Å². The second kappa shape index (κ2) is 9.61. The summed E-state index contributed by atoms with van der Waals surface area (Å²) in [6.07, 6.45) is 4.06. The van der Waals surface area contributed by atoms with Gasteiger partial charge in [-0.25, -0.2) is 9.37 Å². The van der Waals surface area contributed by atoms with Crippen molar-refractivity contribution in [1.82, 2.24) is 14.5 Å². The van der Waals surface area contributed by atoms with Crippen molar-refractivity contribution in [2.24, 2.45) is 0 Å². The monoisotopic (exact) mass is 439 g/mol. The molecule has 1 aliphatic heterocycles. The van der Waals surface area contributed by atoms with Gasteiger partial charge in [0.2, 0.25) is 0 Å². The van der Waals surface area contributed by atoms with Crippen LogP contribution < -0.4 is 14.2 Å². The van der Waals surface area contributed by atoms with E-state index in [0.29, 0.717) is 18.0 Å². The van der Waals surface area contributed by atoms with Crippen LogP contribution in [0.3, 0.4) is 0 Å². The van der Waals surface area contributed by atoms with Gasteiger partial charge in [0.15, 0.2) is 11.5 Å². The zero-order valence-electron chi connectivity index (χ0n) is 19.1. The molecular formula is C25H30FN3O3. The molecule has 1 fully saturated rings. The Hall–Kier alpha value is -3.06. The fourth-order valence-corrected chi connectivity index (χ4v) is 4.47. The molecule has 1 aromatic heterocycles. The summed E-state index contributed by atoms with van der Waals surface area (Å²) < 4.78 is 32.1. The maximum absolute atomic E-state index is 13.3. The summed E-state index contributed by atoms with van der Waals surface area (Å²) in [4.78, 5) is 7.22. The minimum atomic E-state index is -0.220. The van der Waals surface area contributed by atoms with Crippen LogP contribution in [0.25, 0.3) is 0 Å². The van der Waals surface area contributed by atoms with Gasteiger partial charge in [0.05, 0.1) is 27.4 Å². The average molecular weight is 440 g/mol. The molecule has 1 aliphatic rings. The Labute approximate surface area is 188 Å². The fraction of sp³-hybridized carbons (Fsp3) is 0.400. The van der Waals surface area contributed by atoms with Crippen LogP contribution >= 0.6 is 0 Å². The van der Waals surface area contributed by atoms with Crippen molar-refractivity contribution in [1.29, 1.82) is 0 Å². The standard InChI is InChI=1S/C25H30FN3O3/c1-17-14-27-25(29(17)15-18-7-9-20(26)10-8-18)21-6-5-11-28(21)16-19-12-23(31-3)24(32-4)13-22(19)30-2/h7-10,12-14,21H,5-6,11,15-16H2,1-4H3. The van der Waals surface area contributed by atoms with E-state index >= 15 is 0 Å². The van der Waals surface area contributed by atoms with Crippen LogP contribution in [0.2, 0.25) is 0 Å². The maximum Gasteiger partial charge on any atom is 0.164 e. The number of methoxy groups -OCH3 is 3. The largest absolute Gasteiger partial charge is 0.496 e. The number of rotatable bonds is 8. The van der Waals surface area contributed by atoms with Gasteiger partial charge in [-0.1, -0.05) is 12.1 Å². The number of halogens is 1. The third-order valence-electron chi connectivity index (χ3n) is 6.16. The van der Waals surface area contributed by atoms with E-state index in [-0.39, 0.29) is 11.9 Å². The fourth-order valence-electron chi connectivity index (χ4n) is 4.47. The van der Waals surface area contributed by atoms with Crippen LogP contribution in [-0.2, 0) is 13.1 Å². The zero-order chi connectivity index (χ0) is 22.7. The van der Waals surface area contributed by atoms with E-state index in [0.717, 1.165) is 54.3 Å². The molecule has 1 saturated heterocycles. The minimum Gasteiger partial charge on any atom is -0.496 e. The summed E-state index contributed by atoms with van der Waals surface area (Å²) in [7, 11) is 4.93. The summed E-state index contributed by atoms with van der Waals surface area (Å²) in [6.45, 7) is 4.43. The second-order valence-corrected chi connectivity index (χ2v) is 8.12. The van der Waals surface area contributed by atoms with E-state index in [1.54, 1.807) is 21.3 Å². The molecule has 0 N–H and O–H groups in total. The van der Waals surface area contributed by atoms with Crippen LogP contribution in [0.4, 0.5) is 4.39 Å². The average Bonchev–Trinajstić information content (AvgIpc) is 3.41. The molecule has 2 aromatic carbocycles. The molecule has 6 nitrogen and oxygen atoms in total. The van der Waals surface area contributed by atoms with E-state index in [2.05, 4.69) is 16.4 Å². The summed E-state index contributed by atoms with van der Waals surface area (Å²) in [6, 6.07) is 10.7. The Morgan fingerprint density at radius 2 is 1.66 bits per heavy atom. The van der Waals surface area contributed by atoms with Gasteiger partial charge in [-0.3, -0.25) is 4.90 Å². The van der Waals surface area contributed by atoms with Crippen molar-refractivity contribution in [3.8, 4) is 17.2 Å². The van der Waals surface area contributed by atoms with E-state index in [1.807, 2.05) is 30.5 Å². The number of ether oxygens (including phenoxy) is 3. The Bertz CT molecular complexity index is 1070. The van der Waals surface area contributed by atoms with Gasteiger partial charge in [0.25, 0.3) is 0 Å². The molecule has 3 aromatic rings. The first-order valence-electron chi connectivity index (χ1n) is 10.8. The summed E-state index contributed by atoms with van der Waals surface area (Å²) in [5, 5.41) is 0. The predicted octanol–water partition coefficient (Wildman–Crippen LogP) is 4.74. The predicted molar refractivity (Wildman–Crippen MR) is 121 cm³/mol. The van der Waals surface area contributed by atoms with Crippen LogP contribution in [0.1, 0.15) is 41.5 Å². The van der Waals surface area contributed by atoms with Gasteiger partial charge in [0, 0.05) is 36.6 Å². The molecule has 1 atom stereocenters. The molecule has 0 spiro atoms. The molecule has 170 valence electrons. The van der Waals surface area contributed by atoms with Crippen molar-refractivity contribution in [2.45, 2.75) is 38.9 Å². The summed E-state index contributed by atoms with van der Waals surface area (Å²) in [5.41, 5.74) is 3.20. The highest BCUT2D eigenvalue weighted by atomic mass is 19.1. The lowest BCUT2D eigenvalue weighted by molar-refractivity contribution is 0.231. The molecular weight excluding hydrogens is 409 g/mol. The minimum absolute atomic E-state index is 0.196. The highest BCUT2D eigenvalue weighted by molar-refractivity contribution is 5.50. The van der Waals surface area contributed by atoms with Gasteiger partial charge in [-0.2, -0.15) is 0 Å². The molecule has 32 heavy (non-hydrogen) atoms. The van der Waals surface area contributed by atoms with Gasteiger partial charge in [0.1, 0.15) is 17.4 Å². The first-order chi connectivity index (χ1) is 15.5. The number of imidazole rings is 1. The van der Waals surface area contributed by atoms with E-state index in [4.69, 9.17) is 19.2 Å². The van der Waals surface area contributed by atoms with Crippen molar-refractivity contribution in [2.75, 3.05) is 27.9 Å². The van der Waals surface area contributed by atoms with Crippen molar-refractivity contribution in [3.63, 3.8) is 0 Å². The van der Waals surface area contributed by atoms with Gasteiger partial charge >= 0.3 is 0 Å². The molecule has 4 rings (SSSR count). The summed E-state index contributed by atoms with van der Waals surface area (Å²) >= 11 is 0. The summed E-state index contributed by atoms with van der Waals surface area (Å²) in [5.74, 6) is 2.94. The first kappa shape index (κ1) is 22.1. The van der Waals surface area contributed by atoms with Crippen LogP contribution in [0.15, 0.2) is 42.6 Å². The van der Waals surface area contributed by atoms with Gasteiger partial charge < -0.3 is 18.8 Å². The third-order valence-corrected chi connectivity index (χ3v) is 6.16. The normalized spacial score (nSPS) is 16.3. The quantitative estimate of drug-likeness (QED) is 0.507.